The summed E-state index contributed by atoms with van der Waals surface area (Å²) in [5.41, 5.74) is 1.72. The molecule has 0 aliphatic carbocycles. The zero-order chi connectivity index (χ0) is 22.3. The highest BCUT2D eigenvalue weighted by atomic mass is 32.2. The maximum absolute atomic E-state index is 12.9. The summed E-state index contributed by atoms with van der Waals surface area (Å²) in [6.07, 6.45) is 0. The molecule has 1 amide bonds. The van der Waals surface area contributed by atoms with E-state index in [4.69, 9.17) is 14.2 Å². The molecule has 32 heavy (non-hydrogen) atoms. The van der Waals surface area contributed by atoms with Gasteiger partial charge in [0.1, 0.15) is 24.7 Å². The molecule has 1 aliphatic heterocycles. The number of amides is 1. The molecule has 9 nitrogen and oxygen atoms in total. The standard InChI is InChI=1S/C22H25N5O4S/c1-3-26(14-16-9-10-19-20(13-16)31-12-11-30-19)21(28)15-32-22-23-24-25-27(22)17-7-5-6-8-18(17)29-4-2/h5-10,13H,3-4,11-12,14-15H2,1-2H3. The molecule has 10 heteroatoms. The quantitative estimate of drug-likeness (QED) is 0.455. The summed E-state index contributed by atoms with van der Waals surface area (Å²) >= 11 is 1.30. The number of ether oxygens (including phenoxy) is 3. The Kier molecular flexibility index (Phi) is 7.10. The van der Waals surface area contributed by atoms with Crippen LogP contribution in [0.3, 0.4) is 0 Å². The van der Waals surface area contributed by atoms with Gasteiger partial charge in [-0.2, -0.15) is 4.68 Å². The Labute approximate surface area is 190 Å². The van der Waals surface area contributed by atoms with Crippen LogP contribution in [0.25, 0.3) is 5.69 Å². The van der Waals surface area contributed by atoms with Crippen molar-refractivity contribution in [2.45, 2.75) is 25.5 Å². The number of rotatable bonds is 9. The Morgan fingerprint density at radius 2 is 1.97 bits per heavy atom. The van der Waals surface area contributed by atoms with Gasteiger partial charge in [-0.1, -0.05) is 30.0 Å². The van der Waals surface area contributed by atoms with Crippen LogP contribution in [-0.4, -0.2) is 63.1 Å². The van der Waals surface area contributed by atoms with Gasteiger partial charge in [0, 0.05) is 13.1 Å². The van der Waals surface area contributed by atoms with Crippen molar-refractivity contribution in [3.05, 3.63) is 48.0 Å². The normalized spacial score (nSPS) is 12.4. The largest absolute Gasteiger partial charge is 0.492 e. The van der Waals surface area contributed by atoms with E-state index in [0.29, 0.717) is 43.8 Å². The van der Waals surface area contributed by atoms with E-state index >= 15 is 0 Å². The smallest absolute Gasteiger partial charge is 0.233 e. The van der Waals surface area contributed by atoms with E-state index in [1.807, 2.05) is 56.3 Å². The van der Waals surface area contributed by atoms with Crippen molar-refractivity contribution < 1.29 is 19.0 Å². The maximum Gasteiger partial charge on any atom is 0.233 e. The minimum atomic E-state index is 0.0000300. The van der Waals surface area contributed by atoms with Crippen molar-refractivity contribution in [1.82, 2.24) is 25.1 Å². The van der Waals surface area contributed by atoms with Gasteiger partial charge in [-0.3, -0.25) is 4.79 Å². The first-order chi connectivity index (χ1) is 15.7. The number of hydrogen-bond acceptors (Lipinski definition) is 8. The third kappa shape index (κ3) is 4.96. The Hall–Kier alpha value is -3.27. The van der Waals surface area contributed by atoms with Crippen LogP contribution in [0.5, 0.6) is 17.2 Å². The van der Waals surface area contributed by atoms with E-state index in [1.165, 1.54) is 11.8 Å². The summed E-state index contributed by atoms with van der Waals surface area (Å²) in [5, 5.41) is 12.5. The zero-order valence-corrected chi connectivity index (χ0v) is 18.9. The fraction of sp³-hybridized carbons (Fsp3) is 0.364. The van der Waals surface area contributed by atoms with Gasteiger partial charge in [-0.25, -0.2) is 0 Å². The van der Waals surface area contributed by atoms with Crippen molar-refractivity contribution in [3.8, 4) is 22.9 Å². The van der Waals surface area contributed by atoms with Crippen LogP contribution >= 0.6 is 11.8 Å². The van der Waals surface area contributed by atoms with Crippen LogP contribution in [0, 0.1) is 0 Å². The van der Waals surface area contributed by atoms with Crippen LogP contribution in [-0.2, 0) is 11.3 Å². The summed E-state index contributed by atoms with van der Waals surface area (Å²) in [7, 11) is 0. The van der Waals surface area contributed by atoms with Crippen molar-refractivity contribution in [1.29, 1.82) is 0 Å². The molecular weight excluding hydrogens is 430 g/mol. The average Bonchev–Trinajstić information content (AvgIpc) is 3.30. The first-order valence-electron chi connectivity index (χ1n) is 10.5. The number of benzene rings is 2. The lowest BCUT2D eigenvalue weighted by atomic mass is 10.2. The van der Waals surface area contributed by atoms with Crippen LogP contribution in [0.2, 0.25) is 0 Å². The SMILES string of the molecule is CCOc1ccccc1-n1nnnc1SCC(=O)N(CC)Cc1ccc2c(c1)OCCO2. The molecule has 0 radical (unpaired) electrons. The van der Waals surface area contributed by atoms with Crippen molar-refractivity contribution in [2.24, 2.45) is 0 Å². The molecule has 168 valence electrons. The second kappa shape index (κ2) is 10.4. The summed E-state index contributed by atoms with van der Waals surface area (Å²) in [6.45, 7) is 6.58. The Bertz CT molecular complexity index is 1070. The third-order valence-corrected chi connectivity index (χ3v) is 5.78. The molecule has 0 N–H and O–H groups in total. The number of hydrogen-bond donors (Lipinski definition) is 0. The molecule has 2 heterocycles. The number of thioether (sulfide) groups is 1. The first kappa shape index (κ1) is 21.9. The van der Waals surface area contributed by atoms with E-state index in [2.05, 4.69) is 15.5 Å². The molecule has 0 spiro atoms. The number of carbonyl (C=O) groups excluding carboxylic acids is 1. The molecule has 0 fully saturated rings. The summed E-state index contributed by atoms with van der Waals surface area (Å²) < 4.78 is 18.5. The second-order valence-electron chi connectivity index (χ2n) is 6.95. The first-order valence-corrected chi connectivity index (χ1v) is 11.5. The predicted molar refractivity (Wildman–Crippen MR) is 120 cm³/mol. The molecule has 4 rings (SSSR count). The number of carbonyl (C=O) groups is 1. The van der Waals surface area contributed by atoms with Gasteiger partial charge in [0.2, 0.25) is 11.1 Å². The van der Waals surface area contributed by atoms with E-state index in [1.54, 1.807) is 9.58 Å². The van der Waals surface area contributed by atoms with E-state index in [0.717, 1.165) is 22.7 Å². The molecular formula is C22H25N5O4S. The van der Waals surface area contributed by atoms with Gasteiger partial charge < -0.3 is 19.1 Å². The summed E-state index contributed by atoms with van der Waals surface area (Å²) in [5.74, 6) is 2.36. The minimum absolute atomic E-state index is 0.0000300. The van der Waals surface area contributed by atoms with Crippen LogP contribution in [0.4, 0.5) is 0 Å². The molecule has 0 atom stereocenters. The third-order valence-electron chi connectivity index (χ3n) is 4.87. The van der Waals surface area contributed by atoms with E-state index < -0.39 is 0 Å². The summed E-state index contributed by atoms with van der Waals surface area (Å²) in [6, 6.07) is 13.3. The molecule has 3 aromatic rings. The fourth-order valence-corrected chi connectivity index (χ4v) is 4.12. The Morgan fingerprint density at radius 3 is 2.78 bits per heavy atom. The van der Waals surface area contributed by atoms with Crippen molar-refractivity contribution >= 4 is 17.7 Å². The highest BCUT2D eigenvalue weighted by Crippen LogP contribution is 2.31. The Morgan fingerprint density at radius 1 is 1.16 bits per heavy atom. The average molecular weight is 456 g/mol. The van der Waals surface area contributed by atoms with Gasteiger partial charge >= 0.3 is 0 Å². The predicted octanol–water partition coefficient (Wildman–Crippen LogP) is 2.97. The second-order valence-corrected chi connectivity index (χ2v) is 7.89. The topological polar surface area (TPSA) is 91.6 Å². The van der Waals surface area contributed by atoms with E-state index in [9.17, 15) is 4.79 Å². The zero-order valence-electron chi connectivity index (χ0n) is 18.1. The van der Waals surface area contributed by atoms with Crippen molar-refractivity contribution in [3.63, 3.8) is 0 Å². The summed E-state index contributed by atoms with van der Waals surface area (Å²) in [4.78, 5) is 14.7. The van der Waals surface area contributed by atoms with E-state index in [-0.39, 0.29) is 11.7 Å². The number of aromatic nitrogens is 4. The van der Waals surface area contributed by atoms with Crippen LogP contribution in [0.1, 0.15) is 19.4 Å². The monoisotopic (exact) mass is 455 g/mol. The molecule has 2 aromatic carbocycles. The van der Waals surface area contributed by atoms with Gasteiger partial charge in [-0.05, 0) is 54.1 Å². The number of tetrazole rings is 1. The van der Waals surface area contributed by atoms with Crippen LogP contribution in [0.15, 0.2) is 47.6 Å². The minimum Gasteiger partial charge on any atom is -0.492 e. The molecule has 0 saturated carbocycles. The molecule has 0 bridgehead atoms. The lowest BCUT2D eigenvalue weighted by Gasteiger charge is -2.23. The van der Waals surface area contributed by atoms with Crippen molar-refractivity contribution in [2.75, 3.05) is 32.1 Å². The van der Waals surface area contributed by atoms with Gasteiger partial charge in [0.15, 0.2) is 11.5 Å². The van der Waals surface area contributed by atoms with Gasteiger partial charge in [-0.15, -0.1) is 5.10 Å². The van der Waals surface area contributed by atoms with Gasteiger partial charge in [0.25, 0.3) is 0 Å². The molecule has 1 aliphatic rings. The highest BCUT2D eigenvalue weighted by Gasteiger charge is 2.19. The maximum atomic E-state index is 12.9. The van der Waals surface area contributed by atoms with Gasteiger partial charge in [0.05, 0.1) is 12.4 Å². The molecule has 0 unspecified atom stereocenters. The Balaban J connectivity index is 1.42. The molecule has 1 aromatic heterocycles. The number of para-hydroxylation sites is 2. The molecule has 0 saturated heterocycles. The van der Waals surface area contributed by atoms with Crippen LogP contribution < -0.4 is 14.2 Å². The lowest BCUT2D eigenvalue weighted by molar-refractivity contribution is -0.128. The lowest BCUT2D eigenvalue weighted by Crippen LogP contribution is -2.31. The fourth-order valence-electron chi connectivity index (χ4n) is 3.33. The number of fused-ring (bicyclic) bond motifs is 1. The highest BCUT2D eigenvalue weighted by molar-refractivity contribution is 7.99. The number of nitrogens with zero attached hydrogens (tertiary/aromatic N) is 5.